The number of hydrogen-bond donors (Lipinski definition) is 0. The van der Waals surface area contributed by atoms with Crippen molar-refractivity contribution in [2.45, 2.75) is 32.6 Å². The van der Waals surface area contributed by atoms with E-state index in [0.29, 0.717) is 31.8 Å². The SMILES string of the molecule is COCCN1CC[C@@]2(CCCN(C(=O)c3cnccc3C)CC2)C1=O. The van der Waals surface area contributed by atoms with Gasteiger partial charge in [-0.15, -0.1) is 0 Å². The van der Waals surface area contributed by atoms with Crippen LogP contribution in [0.5, 0.6) is 0 Å². The summed E-state index contributed by atoms with van der Waals surface area (Å²) in [6.07, 6.45) is 6.73. The quantitative estimate of drug-likeness (QED) is 0.836. The van der Waals surface area contributed by atoms with Crippen molar-refractivity contribution in [1.29, 1.82) is 0 Å². The summed E-state index contributed by atoms with van der Waals surface area (Å²) in [5.74, 6) is 0.278. The lowest BCUT2D eigenvalue weighted by Gasteiger charge is -2.27. The minimum Gasteiger partial charge on any atom is -0.383 e. The van der Waals surface area contributed by atoms with Gasteiger partial charge in [-0.3, -0.25) is 14.6 Å². The fourth-order valence-electron chi connectivity index (χ4n) is 4.03. The first kappa shape index (κ1) is 17.9. The second-order valence-electron chi connectivity index (χ2n) is 7.15. The van der Waals surface area contributed by atoms with Crippen molar-refractivity contribution in [3.05, 3.63) is 29.6 Å². The van der Waals surface area contributed by atoms with Crippen LogP contribution >= 0.6 is 0 Å². The van der Waals surface area contributed by atoms with Crippen molar-refractivity contribution in [2.75, 3.05) is 39.9 Å². The van der Waals surface area contributed by atoms with Crippen LogP contribution in [0.4, 0.5) is 0 Å². The molecule has 25 heavy (non-hydrogen) atoms. The Morgan fingerprint density at radius 1 is 1.28 bits per heavy atom. The summed E-state index contributed by atoms with van der Waals surface area (Å²) in [7, 11) is 1.66. The summed E-state index contributed by atoms with van der Waals surface area (Å²) in [6, 6.07) is 1.86. The summed E-state index contributed by atoms with van der Waals surface area (Å²) in [6.45, 7) is 5.32. The molecule has 2 saturated heterocycles. The minimum absolute atomic E-state index is 0.0318. The topological polar surface area (TPSA) is 62.7 Å². The third-order valence-corrected chi connectivity index (χ3v) is 5.67. The number of pyridine rings is 1. The molecule has 6 heteroatoms. The van der Waals surface area contributed by atoms with E-state index >= 15 is 0 Å². The number of aryl methyl sites for hydroxylation is 1. The van der Waals surface area contributed by atoms with Gasteiger partial charge < -0.3 is 14.5 Å². The van der Waals surface area contributed by atoms with Crippen LogP contribution in [0.1, 0.15) is 41.6 Å². The van der Waals surface area contributed by atoms with Gasteiger partial charge in [-0.05, 0) is 44.2 Å². The molecule has 0 aliphatic carbocycles. The number of amides is 2. The van der Waals surface area contributed by atoms with Crippen LogP contribution < -0.4 is 0 Å². The molecule has 3 rings (SSSR count). The van der Waals surface area contributed by atoms with Gasteiger partial charge in [0.15, 0.2) is 0 Å². The molecule has 0 saturated carbocycles. The highest BCUT2D eigenvalue weighted by atomic mass is 16.5. The van der Waals surface area contributed by atoms with Gasteiger partial charge in [-0.25, -0.2) is 0 Å². The molecular formula is C19H27N3O3. The van der Waals surface area contributed by atoms with E-state index in [9.17, 15) is 9.59 Å². The molecule has 2 amide bonds. The molecule has 2 fully saturated rings. The van der Waals surface area contributed by atoms with Gasteiger partial charge in [0.1, 0.15) is 0 Å². The Hall–Kier alpha value is -1.95. The predicted octanol–water partition coefficient (Wildman–Crippen LogP) is 1.88. The van der Waals surface area contributed by atoms with Gasteiger partial charge in [0.2, 0.25) is 5.91 Å². The summed E-state index contributed by atoms with van der Waals surface area (Å²) in [4.78, 5) is 33.6. The van der Waals surface area contributed by atoms with Gasteiger partial charge in [-0.1, -0.05) is 0 Å². The number of aromatic nitrogens is 1. The lowest BCUT2D eigenvalue weighted by molar-refractivity contribution is -0.137. The maximum absolute atomic E-state index is 12.9. The Bertz CT molecular complexity index is 649. The van der Waals surface area contributed by atoms with Crippen LogP contribution in [-0.4, -0.2) is 66.5 Å². The normalized spacial score (nSPS) is 24.0. The zero-order valence-corrected chi connectivity index (χ0v) is 15.2. The molecule has 0 radical (unpaired) electrons. The number of carbonyl (C=O) groups is 2. The third kappa shape index (κ3) is 3.54. The molecule has 2 aliphatic heterocycles. The van der Waals surface area contributed by atoms with E-state index in [0.717, 1.165) is 37.8 Å². The van der Waals surface area contributed by atoms with Crippen molar-refractivity contribution in [2.24, 2.45) is 5.41 Å². The number of rotatable bonds is 4. The number of carbonyl (C=O) groups excluding carboxylic acids is 2. The highest BCUT2D eigenvalue weighted by molar-refractivity contribution is 5.95. The van der Waals surface area contributed by atoms with Crippen molar-refractivity contribution >= 4 is 11.8 Å². The number of nitrogens with zero attached hydrogens (tertiary/aromatic N) is 3. The van der Waals surface area contributed by atoms with E-state index < -0.39 is 0 Å². The fraction of sp³-hybridized carbons (Fsp3) is 0.632. The van der Waals surface area contributed by atoms with Gasteiger partial charge in [0.05, 0.1) is 17.6 Å². The number of ether oxygens (including phenoxy) is 1. The Kier molecular flexibility index (Phi) is 5.37. The Labute approximate surface area is 149 Å². The highest BCUT2D eigenvalue weighted by Gasteiger charge is 2.47. The number of likely N-dealkylation sites (tertiary alicyclic amines) is 2. The second-order valence-corrected chi connectivity index (χ2v) is 7.15. The first-order valence-corrected chi connectivity index (χ1v) is 9.06. The van der Waals surface area contributed by atoms with Crippen LogP contribution in [0, 0.1) is 12.3 Å². The summed E-state index contributed by atoms with van der Waals surface area (Å²) in [5.41, 5.74) is 1.33. The number of methoxy groups -OCH3 is 1. The van der Waals surface area contributed by atoms with E-state index in [1.807, 2.05) is 22.8 Å². The van der Waals surface area contributed by atoms with Crippen LogP contribution in [0.3, 0.4) is 0 Å². The van der Waals surface area contributed by atoms with Crippen molar-refractivity contribution < 1.29 is 14.3 Å². The van der Waals surface area contributed by atoms with E-state index in [4.69, 9.17) is 4.74 Å². The largest absolute Gasteiger partial charge is 0.383 e. The molecule has 2 aliphatic rings. The summed E-state index contributed by atoms with van der Waals surface area (Å²) >= 11 is 0. The molecule has 1 atom stereocenters. The summed E-state index contributed by atoms with van der Waals surface area (Å²) in [5, 5.41) is 0. The van der Waals surface area contributed by atoms with Crippen LogP contribution in [0.15, 0.2) is 18.5 Å². The Balaban J connectivity index is 1.68. The van der Waals surface area contributed by atoms with Crippen LogP contribution in [-0.2, 0) is 9.53 Å². The first-order chi connectivity index (χ1) is 12.1. The molecule has 1 spiro atoms. The predicted molar refractivity (Wildman–Crippen MR) is 94.2 cm³/mol. The van der Waals surface area contributed by atoms with Crippen molar-refractivity contribution in [1.82, 2.24) is 14.8 Å². The zero-order chi connectivity index (χ0) is 17.9. The smallest absolute Gasteiger partial charge is 0.255 e. The Morgan fingerprint density at radius 3 is 2.84 bits per heavy atom. The molecule has 1 aromatic rings. The average Bonchev–Trinajstić information content (AvgIpc) is 2.79. The van der Waals surface area contributed by atoms with Crippen LogP contribution in [0.25, 0.3) is 0 Å². The molecule has 0 N–H and O–H groups in total. The van der Waals surface area contributed by atoms with E-state index in [1.54, 1.807) is 19.5 Å². The molecule has 0 bridgehead atoms. The van der Waals surface area contributed by atoms with Gasteiger partial charge in [-0.2, -0.15) is 0 Å². The molecule has 0 unspecified atom stereocenters. The maximum Gasteiger partial charge on any atom is 0.255 e. The second kappa shape index (κ2) is 7.52. The van der Waals surface area contributed by atoms with E-state index in [2.05, 4.69) is 4.98 Å². The lowest BCUT2D eigenvalue weighted by Crippen LogP contribution is -2.37. The van der Waals surface area contributed by atoms with Gasteiger partial charge in [0, 0.05) is 45.7 Å². The molecule has 136 valence electrons. The average molecular weight is 345 g/mol. The zero-order valence-electron chi connectivity index (χ0n) is 15.2. The molecule has 0 aromatic carbocycles. The molecule has 3 heterocycles. The maximum atomic E-state index is 12.9. The lowest BCUT2D eigenvalue weighted by atomic mass is 9.79. The highest BCUT2D eigenvalue weighted by Crippen LogP contribution is 2.41. The van der Waals surface area contributed by atoms with Gasteiger partial charge in [0.25, 0.3) is 5.91 Å². The fourth-order valence-corrected chi connectivity index (χ4v) is 4.03. The molecular weight excluding hydrogens is 318 g/mol. The van der Waals surface area contributed by atoms with E-state index in [-0.39, 0.29) is 17.2 Å². The van der Waals surface area contributed by atoms with E-state index in [1.165, 1.54) is 0 Å². The summed E-state index contributed by atoms with van der Waals surface area (Å²) < 4.78 is 5.11. The van der Waals surface area contributed by atoms with Crippen LogP contribution in [0.2, 0.25) is 0 Å². The molecule has 1 aromatic heterocycles. The number of hydrogen-bond acceptors (Lipinski definition) is 4. The van der Waals surface area contributed by atoms with Crippen molar-refractivity contribution in [3.63, 3.8) is 0 Å². The standard InChI is InChI=1S/C19H27N3O3/c1-15-4-8-20-14-16(15)17(23)21-9-3-5-19(6-10-21)7-11-22(18(19)24)12-13-25-2/h4,8,14H,3,5-7,9-13H2,1-2H3/t19-/m0/s1. The van der Waals surface area contributed by atoms with Gasteiger partial charge >= 0.3 is 0 Å². The molecule has 6 nitrogen and oxygen atoms in total. The monoisotopic (exact) mass is 345 g/mol. The minimum atomic E-state index is -0.285. The third-order valence-electron chi connectivity index (χ3n) is 5.67. The first-order valence-electron chi connectivity index (χ1n) is 9.06. The Morgan fingerprint density at radius 2 is 2.08 bits per heavy atom. The van der Waals surface area contributed by atoms with Crippen molar-refractivity contribution in [3.8, 4) is 0 Å².